The molecule has 0 saturated heterocycles. The van der Waals surface area contributed by atoms with E-state index in [2.05, 4.69) is 10.3 Å². The molecule has 0 aliphatic heterocycles. The Morgan fingerprint density at radius 3 is 2.89 bits per heavy atom. The Balaban J connectivity index is 2.01. The molecule has 2 aromatic rings. The minimum Gasteiger partial charge on any atom is -0.361 e. The normalized spacial score (nSPS) is 10.4. The third-order valence-electron chi connectivity index (χ3n) is 2.41. The maximum Gasteiger partial charge on any atom is 0.309 e. The van der Waals surface area contributed by atoms with Gasteiger partial charge in [0, 0.05) is 6.54 Å². The highest BCUT2D eigenvalue weighted by molar-refractivity contribution is 7.16. The minimum atomic E-state index is -0.991. The second kappa shape index (κ2) is 5.01. The highest BCUT2D eigenvalue weighted by Gasteiger charge is 2.07. The number of amides is 2. The van der Waals surface area contributed by atoms with Gasteiger partial charge in [-0.2, -0.15) is 0 Å². The van der Waals surface area contributed by atoms with Crippen molar-refractivity contribution in [2.24, 2.45) is 5.73 Å². The number of hydrogen-bond donors (Lipinski definition) is 3. The Morgan fingerprint density at radius 1 is 1.39 bits per heavy atom. The van der Waals surface area contributed by atoms with Gasteiger partial charge in [0.05, 0.1) is 10.2 Å². The molecule has 18 heavy (non-hydrogen) atoms. The van der Waals surface area contributed by atoms with Crippen LogP contribution >= 0.6 is 11.3 Å². The van der Waals surface area contributed by atoms with Crippen molar-refractivity contribution in [2.45, 2.75) is 6.42 Å². The van der Waals surface area contributed by atoms with Crippen molar-refractivity contribution >= 4 is 33.4 Å². The summed E-state index contributed by atoms with van der Waals surface area (Å²) in [5.74, 6) is -1.78. The summed E-state index contributed by atoms with van der Waals surface area (Å²) >= 11 is 1.14. The molecule has 2 amide bonds. The van der Waals surface area contributed by atoms with Crippen molar-refractivity contribution in [2.75, 3.05) is 6.54 Å². The number of aromatic nitrogens is 1. The van der Waals surface area contributed by atoms with Gasteiger partial charge >= 0.3 is 16.7 Å². The van der Waals surface area contributed by atoms with E-state index in [0.29, 0.717) is 13.0 Å². The Kier molecular flexibility index (Phi) is 3.42. The second-order valence-corrected chi connectivity index (χ2v) is 4.73. The molecule has 1 aromatic heterocycles. The lowest BCUT2D eigenvalue weighted by Gasteiger charge is -2.02. The van der Waals surface area contributed by atoms with E-state index in [-0.39, 0.29) is 4.87 Å². The first kappa shape index (κ1) is 12.3. The highest BCUT2D eigenvalue weighted by atomic mass is 32.1. The van der Waals surface area contributed by atoms with Gasteiger partial charge in [-0.1, -0.05) is 17.4 Å². The largest absolute Gasteiger partial charge is 0.361 e. The molecular weight excluding hydrogens is 254 g/mol. The molecule has 4 N–H and O–H groups in total. The predicted molar refractivity (Wildman–Crippen MR) is 68.4 cm³/mol. The maximum absolute atomic E-state index is 11.1. The zero-order chi connectivity index (χ0) is 13.1. The fourth-order valence-corrected chi connectivity index (χ4v) is 2.35. The molecule has 2 rings (SSSR count). The summed E-state index contributed by atoms with van der Waals surface area (Å²) < 4.78 is 0.874. The molecule has 0 atom stereocenters. The van der Waals surface area contributed by atoms with Crippen molar-refractivity contribution in [3.05, 3.63) is 33.4 Å². The Morgan fingerprint density at radius 2 is 2.17 bits per heavy atom. The summed E-state index contributed by atoms with van der Waals surface area (Å²) in [6, 6.07) is 5.56. The van der Waals surface area contributed by atoms with Gasteiger partial charge in [-0.25, -0.2) is 0 Å². The third-order valence-corrected chi connectivity index (χ3v) is 3.25. The van der Waals surface area contributed by atoms with Crippen LogP contribution in [-0.2, 0) is 16.0 Å². The van der Waals surface area contributed by atoms with Crippen molar-refractivity contribution < 1.29 is 9.59 Å². The molecule has 0 fully saturated rings. The summed E-state index contributed by atoms with van der Waals surface area (Å²) in [6.45, 7) is 0.326. The summed E-state index contributed by atoms with van der Waals surface area (Å²) in [4.78, 5) is 35.2. The van der Waals surface area contributed by atoms with Crippen LogP contribution in [0, 0.1) is 0 Å². The van der Waals surface area contributed by atoms with E-state index in [4.69, 9.17) is 5.73 Å². The van der Waals surface area contributed by atoms with E-state index >= 15 is 0 Å². The van der Waals surface area contributed by atoms with Gasteiger partial charge in [0.2, 0.25) is 0 Å². The first-order valence-corrected chi connectivity index (χ1v) is 6.07. The summed E-state index contributed by atoms with van der Waals surface area (Å²) in [5, 5.41) is 2.40. The monoisotopic (exact) mass is 265 g/mol. The van der Waals surface area contributed by atoms with Gasteiger partial charge in [0.1, 0.15) is 0 Å². The van der Waals surface area contributed by atoms with Crippen LogP contribution in [0.3, 0.4) is 0 Å². The lowest BCUT2D eigenvalue weighted by molar-refractivity contribution is -0.137. The van der Waals surface area contributed by atoms with Gasteiger partial charge in [-0.05, 0) is 24.1 Å². The lowest BCUT2D eigenvalue weighted by atomic mass is 10.1. The number of hydrogen-bond acceptors (Lipinski definition) is 4. The van der Waals surface area contributed by atoms with Crippen LogP contribution < -0.4 is 15.9 Å². The molecule has 7 heteroatoms. The second-order valence-electron chi connectivity index (χ2n) is 3.72. The summed E-state index contributed by atoms with van der Waals surface area (Å²) in [5.41, 5.74) is 6.58. The minimum absolute atomic E-state index is 0.0934. The van der Waals surface area contributed by atoms with Crippen LogP contribution in [0.4, 0.5) is 0 Å². The van der Waals surface area contributed by atoms with Crippen LogP contribution in [0.25, 0.3) is 10.2 Å². The number of fused-ring (bicyclic) bond motifs is 1. The first-order valence-electron chi connectivity index (χ1n) is 5.25. The van der Waals surface area contributed by atoms with Gasteiger partial charge in [-0.15, -0.1) is 0 Å². The molecule has 0 spiro atoms. The Bertz CT molecular complexity index is 659. The van der Waals surface area contributed by atoms with E-state index in [0.717, 1.165) is 27.1 Å². The molecule has 1 heterocycles. The number of primary amides is 1. The average molecular weight is 265 g/mol. The summed E-state index contributed by atoms with van der Waals surface area (Å²) in [7, 11) is 0. The number of rotatable bonds is 3. The molecule has 0 saturated carbocycles. The highest BCUT2D eigenvalue weighted by Crippen LogP contribution is 2.16. The molecule has 0 aliphatic carbocycles. The van der Waals surface area contributed by atoms with Crippen LogP contribution in [0.2, 0.25) is 0 Å². The van der Waals surface area contributed by atoms with Gasteiger partial charge in [0.15, 0.2) is 0 Å². The number of H-pyrrole nitrogens is 1. The lowest BCUT2D eigenvalue weighted by Crippen LogP contribution is -2.37. The number of thiazole rings is 1. The smallest absolute Gasteiger partial charge is 0.309 e. The molecule has 6 nitrogen and oxygen atoms in total. The van der Waals surface area contributed by atoms with Crippen LogP contribution in [0.15, 0.2) is 23.0 Å². The molecule has 0 radical (unpaired) electrons. The topological polar surface area (TPSA) is 105 Å². The van der Waals surface area contributed by atoms with Crippen molar-refractivity contribution in [3.63, 3.8) is 0 Å². The van der Waals surface area contributed by atoms with E-state index in [1.54, 1.807) is 0 Å². The van der Waals surface area contributed by atoms with Crippen LogP contribution in [0.1, 0.15) is 5.56 Å². The van der Waals surface area contributed by atoms with Crippen molar-refractivity contribution in [1.29, 1.82) is 0 Å². The van der Waals surface area contributed by atoms with E-state index in [1.807, 2.05) is 18.2 Å². The zero-order valence-electron chi connectivity index (χ0n) is 9.36. The predicted octanol–water partition coefficient (Wildman–Crippen LogP) is -0.266. The average Bonchev–Trinajstić information content (AvgIpc) is 2.68. The van der Waals surface area contributed by atoms with Gasteiger partial charge in [0.25, 0.3) is 0 Å². The van der Waals surface area contributed by atoms with E-state index < -0.39 is 11.8 Å². The number of nitrogens with two attached hydrogens (primary N) is 1. The molecule has 1 aromatic carbocycles. The van der Waals surface area contributed by atoms with Crippen LogP contribution in [0.5, 0.6) is 0 Å². The SMILES string of the molecule is NC(=O)C(=O)NCCc1ccc2[nH]c(=O)sc2c1. The van der Waals surface area contributed by atoms with E-state index in [9.17, 15) is 14.4 Å². The van der Waals surface area contributed by atoms with E-state index in [1.165, 1.54) is 0 Å². The molecule has 0 bridgehead atoms. The number of aromatic amines is 1. The molecule has 0 unspecified atom stereocenters. The summed E-state index contributed by atoms with van der Waals surface area (Å²) in [6.07, 6.45) is 0.570. The fraction of sp³-hybridized carbons (Fsp3) is 0.182. The van der Waals surface area contributed by atoms with Crippen molar-refractivity contribution in [3.8, 4) is 0 Å². The first-order chi connectivity index (χ1) is 8.56. The number of benzene rings is 1. The third kappa shape index (κ3) is 2.75. The number of nitrogens with one attached hydrogen (secondary N) is 2. The number of carbonyl (C=O) groups excluding carboxylic acids is 2. The van der Waals surface area contributed by atoms with Crippen LogP contribution in [-0.4, -0.2) is 23.3 Å². The Hall–Kier alpha value is -2.15. The van der Waals surface area contributed by atoms with Gasteiger partial charge in [-0.3, -0.25) is 14.4 Å². The Labute approximate surface area is 106 Å². The van der Waals surface area contributed by atoms with Crippen molar-refractivity contribution in [1.82, 2.24) is 10.3 Å². The van der Waals surface area contributed by atoms with Gasteiger partial charge < -0.3 is 16.0 Å². The molecular formula is C11H11N3O3S. The maximum atomic E-state index is 11.1. The molecule has 0 aliphatic rings. The standard InChI is InChI=1S/C11H11N3O3S/c12-9(15)10(16)13-4-3-6-1-2-7-8(5-6)18-11(17)14-7/h1-2,5H,3-4H2,(H2,12,15)(H,13,16)(H,14,17). The quantitative estimate of drug-likeness (QED) is 0.665. The molecule has 94 valence electrons. The fourth-order valence-electron chi connectivity index (χ4n) is 1.55. The zero-order valence-corrected chi connectivity index (χ0v) is 10.2. The number of carbonyl (C=O) groups is 2.